The van der Waals surface area contributed by atoms with Crippen molar-refractivity contribution >= 4 is 33.6 Å². The summed E-state index contributed by atoms with van der Waals surface area (Å²) in [4.78, 5) is 58.4. The monoisotopic (exact) mass is 1380 g/mol. The van der Waals surface area contributed by atoms with Gasteiger partial charge in [-0.1, -0.05) is 306 Å². The molecule has 0 saturated carbocycles. The molecule has 0 rings (SSSR count). The molecule has 0 aromatic rings. The third kappa shape index (κ3) is 72.3. The maximum Gasteiger partial charge on any atom is 0.472 e. The zero-order valence-corrected chi connectivity index (χ0v) is 62.4. The van der Waals surface area contributed by atoms with Crippen molar-refractivity contribution < 1.29 is 75.8 Å². The van der Waals surface area contributed by atoms with E-state index in [1.54, 1.807) is 0 Å². The number of hydrogen-bond acceptors (Lipinski definition) is 14. The van der Waals surface area contributed by atoms with Gasteiger partial charge in [0.25, 0.3) is 0 Å². The highest BCUT2D eigenvalue weighted by atomic mass is 31.2. The number of esters is 3. The van der Waals surface area contributed by atoms with Gasteiger partial charge in [-0.05, 0) is 89.9 Å². The summed E-state index contributed by atoms with van der Waals surface area (Å²) in [6, 6.07) is 0. The van der Waals surface area contributed by atoms with E-state index in [-0.39, 0.29) is 19.3 Å². The van der Waals surface area contributed by atoms with Crippen molar-refractivity contribution in [2.45, 2.75) is 373 Å². The fourth-order valence-corrected chi connectivity index (χ4v) is 12.4. The number of carbonyl (C=O) groups excluding carboxylic acids is 3. The molecule has 556 valence electrons. The molecule has 4 N–H and O–H groups in total. The number of unbranched alkanes of at least 4 members (excludes halogenated alkanes) is 41. The Kier molecular flexibility index (Phi) is 69.0. The van der Waals surface area contributed by atoms with E-state index in [0.29, 0.717) is 19.3 Å². The van der Waals surface area contributed by atoms with E-state index in [0.717, 1.165) is 103 Å². The van der Waals surface area contributed by atoms with Gasteiger partial charge in [-0.3, -0.25) is 32.5 Å². The lowest BCUT2D eigenvalue weighted by Gasteiger charge is -2.21. The molecule has 16 nitrogen and oxygen atoms in total. The van der Waals surface area contributed by atoms with E-state index in [1.165, 1.54) is 193 Å². The van der Waals surface area contributed by atoms with Crippen LogP contribution in [0.4, 0.5) is 0 Å². The smallest absolute Gasteiger partial charge is 0.463 e. The number of allylic oxidation sites excluding steroid dienone is 10. The summed E-state index contributed by atoms with van der Waals surface area (Å²) in [6.45, 7) is 2.67. The van der Waals surface area contributed by atoms with Crippen LogP contribution in [0, 0.1) is 0 Å². The standard InChI is InChI=1S/C77H142O16P2/c1-4-7-10-13-16-19-22-24-26-27-28-29-30-31-32-33-34-35-36-37-38-39-40-41-42-43-45-47-49-51-54-57-60-63-75(80)87-66-72(78)67-89-94(83,84)90-68-73(79)69-91-95(85,86)92-71-74(93-77(82)65-62-59-56-53-48-21-18-15-12-9-6-3)70-88-76(81)64-61-58-55-52-50-46-44-25-23-20-17-14-11-8-5-2/h16,19,24-26,28-29,31-32,44,72-74,78-79H,4-15,17-18,20-23,27,30,33-43,45-71H2,1-3H3,(H,83,84)(H,85,86)/b19-16-,26-24-,29-28-,32-31-,44-25-. The molecule has 0 heterocycles. The molecule has 0 fully saturated rings. The zero-order chi connectivity index (χ0) is 69.5. The Balaban J connectivity index is 4.29. The maximum atomic E-state index is 12.9. The molecule has 0 aliphatic rings. The fourth-order valence-electron chi connectivity index (χ4n) is 10.8. The van der Waals surface area contributed by atoms with E-state index in [2.05, 4.69) is 81.5 Å². The number of hydrogen-bond donors (Lipinski definition) is 4. The Labute approximate surface area is 580 Å². The minimum Gasteiger partial charge on any atom is -0.463 e. The van der Waals surface area contributed by atoms with Crippen LogP contribution >= 0.6 is 15.6 Å². The summed E-state index contributed by atoms with van der Waals surface area (Å²) in [6.07, 6.45) is 75.9. The quantitative estimate of drug-likeness (QED) is 0.0146. The van der Waals surface area contributed by atoms with Crippen molar-refractivity contribution in [3.63, 3.8) is 0 Å². The van der Waals surface area contributed by atoms with Gasteiger partial charge in [0.2, 0.25) is 0 Å². The van der Waals surface area contributed by atoms with Gasteiger partial charge in [-0.25, -0.2) is 9.13 Å². The zero-order valence-electron chi connectivity index (χ0n) is 60.6. The van der Waals surface area contributed by atoms with Gasteiger partial charge in [0.05, 0.1) is 26.4 Å². The van der Waals surface area contributed by atoms with Crippen LogP contribution in [-0.2, 0) is 55.8 Å². The van der Waals surface area contributed by atoms with Crippen LogP contribution in [-0.4, -0.2) is 95.9 Å². The van der Waals surface area contributed by atoms with E-state index in [4.69, 9.17) is 32.3 Å². The Bertz CT molecular complexity index is 1980. The van der Waals surface area contributed by atoms with Crippen LogP contribution in [0.5, 0.6) is 0 Å². The van der Waals surface area contributed by atoms with Crippen LogP contribution in [0.3, 0.4) is 0 Å². The second kappa shape index (κ2) is 71.1. The second-order valence-corrected chi connectivity index (χ2v) is 29.1. The van der Waals surface area contributed by atoms with E-state index >= 15 is 0 Å². The molecule has 0 radical (unpaired) electrons. The molecule has 0 bridgehead atoms. The van der Waals surface area contributed by atoms with Crippen molar-refractivity contribution in [3.05, 3.63) is 60.8 Å². The highest BCUT2D eigenvalue weighted by molar-refractivity contribution is 7.47. The number of carbonyl (C=O) groups is 3. The molecule has 0 amide bonds. The minimum absolute atomic E-state index is 0.110. The summed E-state index contributed by atoms with van der Waals surface area (Å²) >= 11 is 0. The van der Waals surface area contributed by atoms with Gasteiger partial charge in [0, 0.05) is 19.3 Å². The SMILES string of the molecule is CCCCC/C=C\C/C=C\C/C=C\C/C=C\CCCCCCCCCCCCCCCCCCCC(=O)OCC(O)COP(=O)(O)OCC(O)COP(=O)(O)OCC(COC(=O)CCCCCCC/C=C\CCCCCCCC)OC(=O)CCCCCCCCCCCCC. The largest absolute Gasteiger partial charge is 0.472 e. The molecule has 18 heteroatoms. The minimum atomic E-state index is -4.91. The van der Waals surface area contributed by atoms with E-state index in [9.17, 15) is 43.5 Å². The third-order valence-electron chi connectivity index (χ3n) is 16.7. The number of phosphoric acid groups is 2. The predicted molar refractivity (Wildman–Crippen MR) is 390 cm³/mol. The lowest BCUT2D eigenvalue weighted by atomic mass is 10.0. The lowest BCUT2D eigenvalue weighted by molar-refractivity contribution is -0.161. The summed E-state index contributed by atoms with van der Waals surface area (Å²) < 4.78 is 60.9. The molecule has 95 heavy (non-hydrogen) atoms. The maximum absolute atomic E-state index is 12.9. The van der Waals surface area contributed by atoms with Crippen molar-refractivity contribution in [1.29, 1.82) is 0 Å². The Hall–Kier alpha value is -2.75. The van der Waals surface area contributed by atoms with Gasteiger partial charge >= 0.3 is 33.6 Å². The van der Waals surface area contributed by atoms with Gasteiger partial charge in [0.15, 0.2) is 6.10 Å². The van der Waals surface area contributed by atoms with Crippen LogP contribution in [0.15, 0.2) is 60.8 Å². The molecule has 5 unspecified atom stereocenters. The molecular formula is C77H142O16P2. The van der Waals surface area contributed by atoms with Crippen molar-refractivity contribution in [3.8, 4) is 0 Å². The first-order valence-corrected chi connectivity index (χ1v) is 41.6. The summed E-state index contributed by atoms with van der Waals surface area (Å²) in [7, 11) is -9.76. The van der Waals surface area contributed by atoms with Crippen LogP contribution in [0.1, 0.15) is 355 Å². The molecule has 0 aromatic heterocycles. The molecule has 0 saturated heterocycles. The lowest BCUT2D eigenvalue weighted by Crippen LogP contribution is -2.30. The number of aliphatic hydroxyl groups is 2. The van der Waals surface area contributed by atoms with E-state index < -0.39 is 91.5 Å². The first-order chi connectivity index (χ1) is 46.2. The summed E-state index contributed by atoms with van der Waals surface area (Å²) in [5, 5.41) is 20.6. The number of rotatable bonds is 74. The molecule has 0 aliphatic carbocycles. The molecule has 0 aromatic carbocycles. The molecular weight excluding hydrogens is 1240 g/mol. The highest BCUT2D eigenvalue weighted by Crippen LogP contribution is 2.45. The van der Waals surface area contributed by atoms with Crippen molar-refractivity contribution in [2.75, 3.05) is 39.6 Å². The Morgan fingerprint density at radius 2 is 0.526 bits per heavy atom. The van der Waals surface area contributed by atoms with Gasteiger partial charge in [0.1, 0.15) is 25.4 Å². The second-order valence-electron chi connectivity index (χ2n) is 26.2. The molecule has 0 spiro atoms. The number of ether oxygens (including phenoxy) is 3. The average Bonchev–Trinajstić information content (AvgIpc) is 3.18. The molecule has 5 atom stereocenters. The third-order valence-corrected chi connectivity index (χ3v) is 18.6. The normalized spacial score (nSPS) is 14.4. The summed E-state index contributed by atoms with van der Waals surface area (Å²) in [5.41, 5.74) is 0. The summed E-state index contributed by atoms with van der Waals surface area (Å²) in [5.74, 6) is -1.56. The van der Waals surface area contributed by atoms with Crippen LogP contribution < -0.4 is 0 Å². The first-order valence-electron chi connectivity index (χ1n) is 38.6. The topological polar surface area (TPSA) is 231 Å². The number of aliphatic hydroxyl groups excluding tert-OH is 2. The molecule has 0 aliphatic heterocycles. The van der Waals surface area contributed by atoms with Gasteiger partial charge < -0.3 is 34.2 Å². The van der Waals surface area contributed by atoms with Crippen molar-refractivity contribution in [2.24, 2.45) is 0 Å². The fraction of sp³-hybridized carbons (Fsp3) is 0.831. The van der Waals surface area contributed by atoms with Gasteiger partial charge in [-0.15, -0.1) is 0 Å². The van der Waals surface area contributed by atoms with Crippen LogP contribution in [0.25, 0.3) is 0 Å². The Morgan fingerprint density at radius 1 is 0.295 bits per heavy atom. The van der Waals surface area contributed by atoms with Crippen LogP contribution in [0.2, 0.25) is 0 Å². The predicted octanol–water partition coefficient (Wildman–Crippen LogP) is 22.1. The average molecular weight is 1390 g/mol. The highest BCUT2D eigenvalue weighted by Gasteiger charge is 2.29. The first kappa shape index (κ1) is 92.2. The van der Waals surface area contributed by atoms with Gasteiger partial charge in [-0.2, -0.15) is 0 Å². The van der Waals surface area contributed by atoms with Crippen molar-refractivity contribution in [1.82, 2.24) is 0 Å². The number of phosphoric ester groups is 2. The van der Waals surface area contributed by atoms with E-state index in [1.807, 2.05) is 0 Å². The Morgan fingerprint density at radius 3 is 0.863 bits per heavy atom.